The quantitative estimate of drug-likeness (QED) is 0.794. The number of benzene rings is 1. The number of carboxylic acids is 1. The minimum Gasteiger partial charge on any atom is -0.508 e. The summed E-state index contributed by atoms with van der Waals surface area (Å²) in [5, 5.41) is 18.7. The van der Waals surface area contributed by atoms with E-state index in [0.29, 0.717) is 5.56 Å². The minimum absolute atomic E-state index is 0.000819. The van der Waals surface area contributed by atoms with Crippen molar-refractivity contribution in [2.45, 2.75) is 30.6 Å². The molecule has 0 aromatic heterocycles. The summed E-state index contributed by atoms with van der Waals surface area (Å²) in [5.41, 5.74) is 0.111. The molecule has 1 rings (SSSR count). The molecule has 3 nitrogen and oxygen atoms in total. The fraction of sp³-hybridized carbons (Fsp3) is 0.417. The van der Waals surface area contributed by atoms with Gasteiger partial charge in [0.05, 0.1) is 6.42 Å². The monoisotopic (exact) mass is 240 g/mol. The fourth-order valence-electron chi connectivity index (χ4n) is 1.68. The van der Waals surface area contributed by atoms with Gasteiger partial charge in [-0.1, -0.05) is 19.9 Å². The Bertz CT molecular complexity index is 399. The van der Waals surface area contributed by atoms with E-state index in [1.165, 1.54) is 11.8 Å². The van der Waals surface area contributed by atoms with Crippen molar-refractivity contribution >= 4 is 17.7 Å². The summed E-state index contributed by atoms with van der Waals surface area (Å²) in [4.78, 5) is 11.7. The molecule has 0 spiro atoms. The average Bonchev–Trinajstić information content (AvgIpc) is 2.14. The number of hydrogen-bond donors (Lipinski definition) is 2. The molecule has 0 aliphatic heterocycles. The number of thioether (sulfide) groups is 1. The molecular formula is C12H16O3S. The number of rotatable bonds is 4. The molecule has 0 saturated carbocycles. The van der Waals surface area contributed by atoms with Crippen LogP contribution in [0.25, 0.3) is 0 Å². The lowest BCUT2D eigenvalue weighted by molar-refractivity contribution is -0.138. The smallest absolute Gasteiger partial charge is 0.304 e. The second-order valence-corrected chi connectivity index (χ2v) is 5.22. The van der Waals surface area contributed by atoms with Crippen LogP contribution in [0.4, 0.5) is 0 Å². The summed E-state index contributed by atoms with van der Waals surface area (Å²) in [7, 11) is 0. The number of aliphatic carboxylic acids is 1. The van der Waals surface area contributed by atoms with E-state index in [0.717, 1.165) is 4.90 Å². The molecule has 4 heteroatoms. The van der Waals surface area contributed by atoms with E-state index < -0.39 is 11.4 Å². The molecule has 88 valence electrons. The predicted molar refractivity (Wildman–Crippen MR) is 65.2 cm³/mol. The highest BCUT2D eigenvalue weighted by Crippen LogP contribution is 2.35. The second-order valence-electron chi connectivity index (χ2n) is 4.34. The summed E-state index contributed by atoms with van der Waals surface area (Å²) < 4.78 is 0. The van der Waals surface area contributed by atoms with E-state index in [1.807, 2.05) is 26.2 Å². The molecule has 0 radical (unpaired) electrons. The van der Waals surface area contributed by atoms with Crippen LogP contribution < -0.4 is 0 Å². The van der Waals surface area contributed by atoms with Crippen LogP contribution in [0, 0.1) is 0 Å². The molecule has 0 aliphatic rings. The first-order valence-electron chi connectivity index (χ1n) is 4.96. The Labute approximate surface area is 99.5 Å². The van der Waals surface area contributed by atoms with Crippen molar-refractivity contribution in [2.24, 2.45) is 0 Å². The highest BCUT2D eigenvalue weighted by molar-refractivity contribution is 7.98. The van der Waals surface area contributed by atoms with E-state index in [1.54, 1.807) is 12.1 Å². The first-order valence-corrected chi connectivity index (χ1v) is 6.18. The van der Waals surface area contributed by atoms with E-state index in [4.69, 9.17) is 5.11 Å². The van der Waals surface area contributed by atoms with Gasteiger partial charge in [0.1, 0.15) is 5.75 Å². The van der Waals surface area contributed by atoms with Crippen LogP contribution in [-0.4, -0.2) is 22.4 Å². The molecule has 0 amide bonds. The molecule has 1 aromatic carbocycles. The van der Waals surface area contributed by atoms with Crippen molar-refractivity contribution < 1.29 is 15.0 Å². The second kappa shape index (κ2) is 4.78. The topological polar surface area (TPSA) is 57.5 Å². The van der Waals surface area contributed by atoms with E-state index in [9.17, 15) is 9.90 Å². The van der Waals surface area contributed by atoms with Gasteiger partial charge in [0, 0.05) is 15.9 Å². The third-order valence-electron chi connectivity index (χ3n) is 2.53. The Hall–Kier alpha value is -1.16. The lowest BCUT2D eigenvalue weighted by atomic mass is 9.81. The van der Waals surface area contributed by atoms with Crippen molar-refractivity contribution in [1.29, 1.82) is 0 Å². The zero-order chi connectivity index (χ0) is 12.3. The molecule has 0 atom stereocenters. The van der Waals surface area contributed by atoms with Gasteiger partial charge >= 0.3 is 5.97 Å². The van der Waals surface area contributed by atoms with Crippen molar-refractivity contribution in [3.05, 3.63) is 23.8 Å². The molecule has 2 N–H and O–H groups in total. The third kappa shape index (κ3) is 2.92. The van der Waals surface area contributed by atoms with Gasteiger partial charge in [0.2, 0.25) is 0 Å². The highest BCUT2D eigenvalue weighted by Gasteiger charge is 2.26. The van der Waals surface area contributed by atoms with Crippen LogP contribution in [0.15, 0.2) is 23.1 Å². The van der Waals surface area contributed by atoms with Gasteiger partial charge in [0.15, 0.2) is 0 Å². The Kier molecular flexibility index (Phi) is 3.86. The zero-order valence-electron chi connectivity index (χ0n) is 9.65. The zero-order valence-corrected chi connectivity index (χ0v) is 10.5. The van der Waals surface area contributed by atoms with Crippen LogP contribution in [0.1, 0.15) is 25.8 Å². The number of carbonyl (C=O) groups is 1. The normalized spacial score (nSPS) is 11.4. The molecule has 0 fully saturated rings. The first-order chi connectivity index (χ1) is 7.36. The molecule has 0 bridgehead atoms. The molecule has 1 aromatic rings. The summed E-state index contributed by atoms with van der Waals surface area (Å²) in [6.07, 6.45) is 1.93. The van der Waals surface area contributed by atoms with E-state index >= 15 is 0 Å². The van der Waals surface area contributed by atoms with Gasteiger partial charge in [-0.3, -0.25) is 4.79 Å². The highest BCUT2D eigenvalue weighted by atomic mass is 32.2. The average molecular weight is 240 g/mol. The van der Waals surface area contributed by atoms with Crippen molar-refractivity contribution in [1.82, 2.24) is 0 Å². The lowest BCUT2D eigenvalue weighted by Gasteiger charge is -2.24. The van der Waals surface area contributed by atoms with Gasteiger partial charge in [-0.15, -0.1) is 11.8 Å². The van der Waals surface area contributed by atoms with Crippen molar-refractivity contribution in [3.8, 4) is 5.75 Å². The van der Waals surface area contributed by atoms with E-state index in [-0.39, 0.29) is 12.2 Å². The van der Waals surface area contributed by atoms with Crippen LogP contribution in [0.2, 0.25) is 0 Å². The number of carboxylic acid groups (broad SMARTS) is 1. The van der Waals surface area contributed by atoms with Gasteiger partial charge in [0.25, 0.3) is 0 Å². The van der Waals surface area contributed by atoms with Crippen LogP contribution in [0.3, 0.4) is 0 Å². The lowest BCUT2D eigenvalue weighted by Crippen LogP contribution is -2.21. The summed E-state index contributed by atoms with van der Waals surface area (Å²) in [5.74, 6) is -0.698. The van der Waals surface area contributed by atoms with Gasteiger partial charge in [-0.05, 0) is 18.4 Å². The maximum absolute atomic E-state index is 10.7. The third-order valence-corrected chi connectivity index (χ3v) is 3.25. The van der Waals surface area contributed by atoms with Gasteiger partial charge < -0.3 is 10.2 Å². The van der Waals surface area contributed by atoms with Crippen LogP contribution >= 0.6 is 11.8 Å². The number of hydrogen-bond acceptors (Lipinski definition) is 3. The first kappa shape index (κ1) is 12.9. The van der Waals surface area contributed by atoms with Crippen LogP contribution in [-0.2, 0) is 10.2 Å². The Morgan fingerprint density at radius 2 is 2.06 bits per heavy atom. The van der Waals surface area contributed by atoms with E-state index in [2.05, 4.69) is 0 Å². The SMILES string of the molecule is CSc1ccc(C(C)(C)CC(=O)O)c(O)c1. The minimum atomic E-state index is -0.863. The fourth-order valence-corrected chi connectivity index (χ4v) is 2.12. The predicted octanol–water partition coefficient (Wildman–Crippen LogP) is 2.87. The largest absolute Gasteiger partial charge is 0.508 e. The summed E-state index contributed by atoms with van der Waals surface area (Å²) in [6.45, 7) is 3.63. The molecule has 16 heavy (non-hydrogen) atoms. The molecule has 0 unspecified atom stereocenters. The summed E-state index contributed by atoms with van der Waals surface area (Å²) in [6, 6.07) is 5.36. The number of aromatic hydroxyl groups is 1. The van der Waals surface area contributed by atoms with Gasteiger partial charge in [-0.2, -0.15) is 0 Å². The molecular weight excluding hydrogens is 224 g/mol. The Balaban J connectivity index is 3.08. The van der Waals surface area contributed by atoms with Crippen molar-refractivity contribution in [3.63, 3.8) is 0 Å². The molecule has 0 aliphatic carbocycles. The Morgan fingerprint density at radius 3 is 2.50 bits per heavy atom. The maximum atomic E-state index is 10.7. The standard InChI is InChI=1S/C12H16O3S/c1-12(2,7-11(14)15)9-5-4-8(16-3)6-10(9)13/h4-6,13H,7H2,1-3H3,(H,14,15). The van der Waals surface area contributed by atoms with Crippen LogP contribution in [0.5, 0.6) is 5.75 Å². The molecule has 0 heterocycles. The maximum Gasteiger partial charge on any atom is 0.304 e. The number of phenolic OH excluding ortho intramolecular Hbond substituents is 1. The Morgan fingerprint density at radius 1 is 1.44 bits per heavy atom. The van der Waals surface area contributed by atoms with Crippen molar-refractivity contribution in [2.75, 3.05) is 6.26 Å². The molecule has 0 saturated heterocycles. The van der Waals surface area contributed by atoms with Gasteiger partial charge in [-0.25, -0.2) is 0 Å². The number of phenols is 1. The summed E-state index contributed by atoms with van der Waals surface area (Å²) >= 11 is 1.54.